The van der Waals surface area contributed by atoms with E-state index in [-0.39, 0.29) is 5.92 Å². The average molecular weight is 301 g/mol. The first kappa shape index (κ1) is 15.5. The Kier molecular flexibility index (Phi) is 5.14. The molecule has 3 nitrogen and oxygen atoms in total. The van der Waals surface area contributed by atoms with Gasteiger partial charge in [0.25, 0.3) is 0 Å². The van der Waals surface area contributed by atoms with Crippen molar-refractivity contribution in [3.63, 3.8) is 0 Å². The van der Waals surface area contributed by atoms with Crippen molar-refractivity contribution in [3.05, 3.63) is 35.4 Å². The number of likely N-dealkylation sites (tertiary alicyclic amines) is 2. The second-order valence-corrected chi connectivity index (χ2v) is 7.10. The zero-order chi connectivity index (χ0) is 15.4. The summed E-state index contributed by atoms with van der Waals surface area (Å²) >= 11 is 0. The average Bonchev–Trinajstić information content (AvgIpc) is 2.55. The molecule has 0 radical (unpaired) electrons. The van der Waals surface area contributed by atoms with Crippen LogP contribution in [0.5, 0.6) is 0 Å². The third-order valence-electron chi connectivity index (χ3n) is 5.17. The molecule has 22 heavy (non-hydrogen) atoms. The van der Waals surface area contributed by atoms with Gasteiger partial charge in [-0.15, -0.1) is 0 Å². The summed E-state index contributed by atoms with van der Waals surface area (Å²) in [6.45, 7) is 7.41. The van der Waals surface area contributed by atoms with E-state index in [1.165, 1.54) is 43.4 Å². The van der Waals surface area contributed by atoms with E-state index in [2.05, 4.69) is 36.1 Å². The quantitative estimate of drug-likeness (QED) is 0.905. The van der Waals surface area contributed by atoms with Crippen molar-refractivity contribution in [1.82, 2.24) is 4.90 Å². The number of nitrogens with one attached hydrogen (secondary N) is 1. The highest BCUT2D eigenvalue weighted by Gasteiger charge is 2.32. The number of carbonyl (C=O) groups excluding carboxylic acids is 1. The highest BCUT2D eigenvalue weighted by molar-refractivity contribution is 5.79. The van der Waals surface area contributed by atoms with Gasteiger partial charge in [-0.2, -0.15) is 0 Å². The molecule has 1 amide bonds. The number of amides is 1. The largest absolute Gasteiger partial charge is 0.342 e. The Bertz CT molecular complexity index is 508. The van der Waals surface area contributed by atoms with Gasteiger partial charge < -0.3 is 9.80 Å². The van der Waals surface area contributed by atoms with Gasteiger partial charge in [-0.3, -0.25) is 4.79 Å². The summed E-state index contributed by atoms with van der Waals surface area (Å²) < 4.78 is 0. The van der Waals surface area contributed by atoms with Crippen LogP contribution in [0.4, 0.5) is 0 Å². The summed E-state index contributed by atoms with van der Waals surface area (Å²) in [6, 6.07) is 8.79. The molecular formula is C19H29N2O+. The first-order valence-corrected chi connectivity index (χ1v) is 8.90. The number of hydrogen-bond donors (Lipinski definition) is 1. The lowest BCUT2D eigenvalue weighted by atomic mass is 9.95. The van der Waals surface area contributed by atoms with Crippen molar-refractivity contribution in [3.8, 4) is 0 Å². The molecule has 2 heterocycles. The predicted octanol–water partition coefficient (Wildman–Crippen LogP) is 1.80. The Morgan fingerprint density at radius 2 is 2.05 bits per heavy atom. The summed E-state index contributed by atoms with van der Waals surface area (Å²) in [5.74, 6) is 0.688. The van der Waals surface area contributed by atoms with Crippen LogP contribution in [-0.2, 0) is 11.3 Å². The molecule has 0 bridgehead atoms. The van der Waals surface area contributed by atoms with E-state index in [0.717, 1.165) is 32.6 Å². The van der Waals surface area contributed by atoms with E-state index in [1.807, 2.05) is 0 Å². The predicted molar refractivity (Wildman–Crippen MR) is 88.7 cm³/mol. The van der Waals surface area contributed by atoms with Crippen LogP contribution in [0.25, 0.3) is 0 Å². The van der Waals surface area contributed by atoms with Crippen molar-refractivity contribution in [2.45, 2.75) is 45.6 Å². The van der Waals surface area contributed by atoms with Crippen LogP contribution in [0, 0.1) is 12.8 Å². The molecule has 2 aliphatic rings. The van der Waals surface area contributed by atoms with Crippen LogP contribution in [0.15, 0.2) is 24.3 Å². The third kappa shape index (κ3) is 3.89. The van der Waals surface area contributed by atoms with Crippen molar-refractivity contribution in [2.24, 2.45) is 5.92 Å². The van der Waals surface area contributed by atoms with Crippen molar-refractivity contribution >= 4 is 5.91 Å². The van der Waals surface area contributed by atoms with Crippen LogP contribution in [0.3, 0.4) is 0 Å². The number of benzene rings is 1. The van der Waals surface area contributed by atoms with Crippen molar-refractivity contribution in [1.29, 1.82) is 0 Å². The number of carbonyl (C=O) groups is 1. The van der Waals surface area contributed by atoms with Gasteiger partial charge in [0.2, 0.25) is 5.91 Å². The minimum atomic E-state index is 0.256. The maximum Gasteiger partial charge on any atom is 0.231 e. The first-order chi connectivity index (χ1) is 10.7. The Morgan fingerprint density at radius 1 is 1.23 bits per heavy atom. The Labute approximate surface area is 134 Å². The molecule has 3 rings (SSSR count). The third-order valence-corrected chi connectivity index (χ3v) is 5.17. The lowest BCUT2D eigenvalue weighted by Gasteiger charge is -2.34. The number of aryl methyl sites for hydroxylation is 1. The zero-order valence-corrected chi connectivity index (χ0v) is 13.8. The first-order valence-electron chi connectivity index (χ1n) is 8.90. The SMILES string of the molecule is Cc1cccc(C[NH+]2CCC[C@@H](C(=O)N3CCCCC3)C2)c1. The smallest absolute Gasteiger partial charge is 0.231 e. The summed E-state index contributed by atoms with van der Waals surface area (Å²) in [5, 5.41) is 0. The van der Waals surface area contributed by atoms with Gasteiger partial charge in [-0.1, -0.05) is 29.8 Å². The standard InChI is InChI=1S/C19H28N2O/c1-16-7-5-8-17(13-16)14-20-10-6-9-18(15-20)19(22)21-11-3-2-4-12-21/h5,7-8,13,18H,2-4,6,9-12,14-15H2,1H3/p+1/t18-/m1/s1. The highest BCUT2D eigenvalue weighted by Crippen LogP contribution is 2.16. The number of nitrogens with zero attached hydrogens (tertiary/aromatic N) is 1. The Hall–Kier alpha value is -1.35. The fourth-order valence-corrected chi connectivity index (χ4v) is 4.01. The molecule has 0 aromatic heterocycles. The van der Waals surface area contributed by atoms with Crippen LogP contribution < -0.4 is 4.90 Å². The second-order valence-electron chi connectivity index (χ2n) is 7.10. The van der Waals surface area contributed by atoms with Gasteiger partial charge in [-0.05, 0) is 39.0 Å². The van der Waals surface area contributed by atoms with E-state index < -0.39 is 0 Å². The van der Waals surface area contributed by atoms with Gasteiger partial charge in [0.05, 0.1) is 19.0 Å². The molecule has 2 fully saturated rings. The maximum atomic E-state index is 12.7. The molecule has 3 heteroatoms. The normalized spacial score (nSPS) is 26.0. The molecule has 2 aliphatic heterocycles. The topological polar surface area (TPSA) is 24.8 Å². The van der Waals surface area contributed by atoms with Gasteiger partial charge >= 0.3 is 0 Å². The summed E-state index contributed by atoms with van der Waals surface area (Å²) in [7, 11) is 0. The number of rotatable bonds is 3. The zero-order valence-electron chi connectivity index (χ0n) is 13.8. The molecular weight excluding hydrogens is 272 g/mol. The van der Waals surface area contributed by atoms with E-state index in [4.69, 9.17) is 0 Å². The lowest BCUT2D eigenvalue weighted by Crippen LogP contribution is -3.12. The van der Waals surface area contributed by atoms with E-state index in [9.17, 15) is 4.79 Å². The molecule has 1 unspecified atom stereocenters. The molecule has 1 N–H and O–H groups in total. The maximum absolute atomic E-state index is 12.7. The molecule has 120 valence electrons. The van der Waals surface area contributed by atoms with E-state index >= 15 is 0 Å². The molecule has 0 aliphatic carbocycles. The van der Waals surface area contributed by atoms with Gasteiger partial charge in [0.1, 0.15) is 6.54 Å². The van der Waals surface area contributed by atoms with Gasteiger partial charge in [0, 0.05) is 18.7 Å². The molecule has 2 saturated heterocycles. The Balaban J connectivity index is 1.57. The molecule has 0 saturated carbocycles. The Morgan fingerprint density at radius 3 is 2.82 bits per heavy atom. The minimum Gasteiger partial charge on any atom is -0.342 e. The number of hydrogen-bond acceptors (Lipinski definition) is 1. The van der Waals surface area contributed by atoms with Crippen LogP contribution in [0.1, 0.15) is 43.2 Å². The number of piperidine rings is 2. The van der Waals surface area contributed by atoms with Crippen LogP contribution in [-0.4, -0.2) is 37.0 Å². The molecule has 2 atom stereocenters. The summed E-state index contributed by atoms with van der Waals surface area (Å²) in [5.41, 5.74) is 2.73. The van der Waals surface area contributed by atoms with Crippen LogP contribution in [0.2, 0.25) is 0 Å². The van der Waals surface area contributed by atoms with Gasteiger partial charge in [0.15, 0.2) is 0 Å². The van der Waals surface area contributed by atoms with E-state index in [1.54, 1.807) is 4.90 Å². The summed E-state index contributed by atoms with van der Waals surface area (Å²) in [6.07, 6.45) is 5.95. The highest BCUT2D eigenvalue weighted by atomic mass is 16.2. The second kappa shape index (κ2) is 7.28. The van der Waals surface area contributed by atoms with E-state index in [0.29, 0.717) is 5.91 Å². The lowest BCUT2D eigenvalue weighted by molar-refractivity contribution is -0.921. The molecule has 1 aromatic carbocycles. The van der Waals surface area contributed by atoms with Crippen molar-refractivity contribution in [2.75, 3.05) is 26.2 Å². The molecule has 1 aromatic rings. The molecule has 0 spiro atoms. The monoisotopic (exact) mass is 301 g/mol. The fraction of sp³-hybridized carbons (Fsp3) is 0.632. The fourth-order valence-electron chi connectivity index (χ4n) is 4.01. The van der Waals surface area contributed by atoms with Gasteiger partial charge in [-0.25, -0.2) is 0 Å². The van der Waals surface area contributed by atoms with Crippen LogP contribution >= 0.6 is 0 Å². The summed E-state index contributed by atoms with van der Waals surface area (Å²) in [4.78, 5) is 16.4. The van der Waals surface area contributed by atoms with Crippen molar-refractivity contribution < 1.29 is 9.69 Å². The minimum absolute atomic E-state index is 0.256. The number of quaternary nitrogens is 1.